The third-order valence-corrected chi connectivity index (χ3v) is 6.62. The van der Waals surface area contributed by atoms with Crippen molar-refractivity contribution in [3.8, 4) is 0 Å². The Bertz CT molecular complexity index is 777. The maximum absolute atomic E-state index is 13.6. The summed E-state index contributed by atoms with van der Waals surface area (Å²) in [4.78, 5) is 13.3. The summed E-state index contributed by atoms with van der Waals surface area (Å²) in [6.07, 6.45) is -4.78. The van der Waals surface area contributed by atoms with Crippen LogP contribution < -0.4 is 0 Å². The molecular formula is C15H18F4N2O3S. The van der Waals surface area contributed by atoms with Crippen LogP contribution in [0, 0.1) is 18.7 Å². The average molecular weight is 382 g/mol. The third kappa shape index (κ3) is 3.64. The van der Waals surface area contributed by atoms with Crippen LogP contribution in [0.4, 0.5) is 17.6 Å². The van der Waals surface area contributed by atoms with Crippen LogP contribution in [-0.2, 0) is 10.0 Å². The summed E-state index contributed by atoms with van der Waals surface area (Å²) in [6, 6.07) is 3.71. The van der Waals surface area contributed by atoms with E-state index in [0.717, 1.165) is 29.4 Å². The summed E-state index contributed by atoms with van der Waals surface area (Å²) < 4.78 is 78.7. The van der Waals surface area contributed by atoms with Crippen LogP contribution in [0.25, 0.3) is 0 Å². The molecule has 5 nitrogen and oxygen atoms in total. The minimum Gasteiger partial charge on any atom is -0.337 e. The molecule has 140 valence electrons. The predicted molar refractivity (Wildman–Crippen MR) is 83.0 cm³/mol. The van der Waals surface area contributed by atoms with E-state index >= 15 is 0 Å². The second-order valence-corrected chi connectivity index (χ2v) is 8.50. The molecule has 0 unspecified atom stereocenters. The molecule has 1 aromatic rings. The molecule has 1 saturated heterocycles. The first-order chi connectivity index (χ1) is 11.4. The van der Waals surface area contributed by atoms with E-state index in [4.69, 9.17) is 0 Å². The van der Waals surface area contributed by atoms with Gasteiger partial charge < -0.3 is 4.90 Å². The van der Waals surface area contributed by atoms with Gasteiger partial charge in [0.15, 0.2) is 0 Å². The van der Waals surface area contributed by atoms with Crippen LogP contribution in [0.2, 0.25) is 0 Å². The largest absolute Gasteiger partial charge is 0.394 e. The molecule has 1 aliphatic heterocycles. The van der Waals surface area contributed by atoms with Gasteiger partial charge in [0.25, 0.3) is 5.91 Å². The molecule has 0 bridgehead atoms. The SMILES string of the molecule is Cc1c(F)cccc1C(=O)N1C[C@@H](C(F)(F)F)[C@H](S(=O)(=O)N(C)C)C1. The monoisotopic (exact) mass is 382 g/mol. The van der Waals surface area contributed by atoms with Crippen molar-refractivity contribution in [2.45, 2.75) is 18.3 Å². The molecule has 10 heteroatoms. The Morgan fingerprint density at radius 1 is 1.24 bits per heavy atom. The maximum Gasteiger partial charge on any atom is 0.394 e. The van der Waals surface area contributed by atoms with Gasteiger partial charge in [-0.3, -0.25) is 4.79 Å². The molecule has 1 aromatic carbocycles. The zero-order chi connectivity index (χ0) is 19.2. The number of likely N-dealkylation sites (tertiary alicyclic amines) is 1. The first-order valence-electron chi connectivity index (χ1n) is 7.39. The van der Waals surface area contributed by atoms with E-state index in [-0.39, 0.29) is 11.1 Å². The summed E-state index contributed by atoms with van der Waals surface area (Å²) in [5, 5.41) is -1.79. The fraction of sp³-hybridized carbons (Fsp3) is 0.533. The lowest BCUT2D eigenvalue weighted by Gasteiger charge is -2.23. The van der Waals surface area contributed by atoms with E-state index in [1.807, 2.05) is 0 Å². The Balaban J connectivity index is 2.39. The van der Waals surface area contributed by atoms with Crippen LogP contribution >= 0.6 is 0 Å². The van der Waals surface area contributed by atoms with Gasteiger partial charge in [0.1, 0.15) is 11.1 Å². The van der Waals surface area contributed by atoms with Gasteiger partial charge in [0.05, 0.1) is 5.92 Å². The van der Waals surface area contributed by atoms with Crippen LogP contribution in [0.1, 0.15) is 15.9 Å². The van der Waals surface area contributed by atoms with Gasteiger partial charge in [-0.1, -0.05) is 6.07 Å². The summed E-state index contributed by atoms with van der Waals surface area (Å²) in [7, 11) is -1.94. The molecule has 0 spiro atoms. The van der Waals surface area contributed by atoms with Crippen molar-refractivity contribution in [3.05, 3.63) is 35.1 Å². The number of rotatable bonds is 3. The van der Waals surface area contributed by atoms with Crippen molar-refractivity contribution < 1.29 is 30.8 Å². The second-order valence-electron chi connectivity index (χ2n) is 6.14. The smallest absolute Gasteiger partial charge is 0.337 e. The van der Waals surface area contributed by atoms with Gasteiger partial charge in [-0.15, -0.1) is 0 Å². The summed E-state index contributed by atoms with van der Waals surface area (Å²) in [5.41, 5.74) is -0.0706. The number of nitrogens with zero attached hydrogens (tertiary/aromatic N) is 2. The molecule has 1 heterocycles. The van der Waals surface area contributed by atoms with E-state index < -0.39 is 52.2 Å². The zero-order valence-corrected chi connectivity index (χ0v) is 14.7. The van der Waals surface area contributed by atoms with Gasteiger partial charge in [-0.25, -0.2) is 17.1 Å². The van der Waals surface area contributed by atoms with Crippen molar-refractivity contribution >= 4 is 15.9 Å². The molecule has 0 radical (unpaired) electrons. The predicted octanol–water partition coefficient (Wildman–Crippen LogP) is 2.03. The normalized spacial score (nSPS) is 21.8. The number of halogens is 4. The van der Waals surface area contributed by atoms with Gasteiger partial charge in [-0.2, -0.15) is 13.2 Å². The third-order valence-electron chi connectivity index (χ3n) is 4.36. The molecule has 25 heavy (non-hydrogen) atoms. The van der Waals surface area contributed by atoms with Crippen LogP contribution in [0.3, 0.4) is 0 Å². The van der Waals surface area contributed by atoms with Crippen LogP contribution in [-0.4, -0.2) is 62.1 Å². The molecule has 0 aromatic heterocycles. The fourth-order valence-corrected chi connectivity index (χ4v) is 4.40. The highest BCUT2D eigenvalue weighted by atomic mass is 32.2. The van der Waals surface area contributed by atoms with E-state index in [0.29, 0.717) is 0 Å². The van der Waals surface area contributed by atoms with Crippen molar-refractivity contribution in [2.75, 3.05) is 27.2 Å². The molecule has 0 saturated carbocycles. The van der Waals surface area contributed by atoms with Crippen molar-refractivity contribution in [3.63, 3.8) is 0 Å². The Morgan fingerprint density at radius 3 is 2.36 bits per heavy atom. The number of alkyl halides is 3. The van der Waals surface area contributed by atoms with Gasteiger partial charge >= 0.3 is 6.18 Å². The highest BCUT2D eigenvalue weighted by Gasteiger charge is 2.56. The van der Waals surface area contributed by atoms with Crippen molar-refractivity contribution in [1.82, 2.24) is 9.21 Å². The lowest BCUT2D eigenvalue weighted by Crippen LogP contribution is -2.43. The Morgan fingerprint density at radius 2 is 1.84 bits per heavy atom. The Hall–Kier alpha value is -1.68. The average Bonchev–Trinajstić information content (AvgIpc) is 2.95. The van der Waals surface area contributed by atoms with E-state index in [2.05, 4.69) is 0 Å². The number of amides is 1. The van der Waals surface area contributed by atoms with Gasteiger partial charge in [0, 0.05) is 32.7 Å². The lowest BCUT2D eigenvalue weighted by atomic mass is 10.1. The summed E-state index contributed by atoms with van der Waals surface area (Å²) in [6.45, 7) is -0.0383. The Labute approximate surface area is 143 Å². The van der Waals surface area contributed by atoms with Crippen molar-refractivity contribution in [2.24, 2.45) is 5.92 Å². The van der Waals surface area contributed by atoms with Gasteiger partial charge in [-0.05, 0) is 24.6 Å². The maximum atomic E-state index is 13.6. The fourth-order valence-electron chi connectivity index (χ4n) is 2.84. The highest BCUT2D eigenvalue weighted by molar-refractivity contribution is 7.89. The highest BCUT2D eigenvalue weighted by Crippen LogP contribution is 2.38. The standard InChI is InChI=1S/C15H18F4N2O3S/c1-9-10(5-4-6-12(9)16)14(22)21-7-11(15(17,18)19)13(8-21)25(23,24)20(2)3/h4-6,11,13H,7-8H2,1-3H3/t11-,13-/m1/s1. The molecule has 1 aliphatic rings. The van der Waals surface area contributed by atoms with Crippen molar-refractivity contribution in [1.29, 1.82) is 0 Å². The number of carbonyl (C=O) groups excluding carboxylic acids is 1. The van der Waals surface area contributed by atoms with Gasteiger partial charge in [0.2, 0.25) is 10.0 Å². The number of hydrogen-bond acceptors (Lipinski definition) is 3. The van der Waals surface area contributed by atoms with E-state index in [9.17, 15) is 30.8 Å². The topological polar surface area (TPSA) is 57.7 Å². The first-order valence-corrected chi connectivity index (χ1v) is 8.90. The summed E-state index contributed by atoms with van der Waals surface area (Å²) in [5.74, 6) is -3.67. The quantitative estimate of drug-likeness (QED) is 0.752. The summed E-state index contributed by atoms with van der Waals surface area (Å²) >= 11 is 0. The number of benzene rings is 1. The van der Waals surface area contributed by atoms with Crippen LogP contribution in [0.15, 0.2) is 18.2 Å². The molecular weight excluding hydrogens is 364 g/mol. The van der Waals surface area contributed by atoms with E-state index in [1.165, 1.54) is 19.1 Å². The Kier molecular flexibility index (Phi) is 5.16. The number of carbonyl (C=O) groups is 1. The lowest BCUT2D eigenvalue weighted by molar-refractivity contribution is -0.169. The van der Waals surface area contributed by atoms with Crippen LogP contribution in [0.5, 0.6) is 0 Å². The molecule has 0 N–H and O–H groups in total. The molecule has 0 aliphatic carbocycles. The minimum absolute atomic E-state index is 0.00924. The first kappa shape index (κ1) is 19.6. The molecule has 1 amide bonds. The molecule has 2 atom stereocenters. The second kappa shape index (κ2) is 6.56. The number of hydrogen-bond donors (Lipinski definition) is 0. The number of sulfonamides is 1. The molecule has 1 fully saturated rings. The van der Waals surface area contributed by atoms with E-state index in [1.54, 1.807) is 0 Å². The zero-order valence-electron chi connectivity index (χ0n) is 13.8. The minimum atomic E-state index is -4.78. The molecule has 2 rings (SSSR count).